The summed E-state index contributed by atoms with van der Waals surface area (Å²) in [7, 11) is -3.45. The Hall–Kier alpha value is -1.08. The van der Waals surface area contributed by atoms with E-state index in [9.17, 15) is 13.2 Å². The maximum Gasteiger partial charge on any atom is 0.328 e. The van der Waals surface area contributed by atoms with Crippen molar-refractivity contribution in [2.24, 2.45) is 0 Å². The van der Waals surface area contributed by atoms with Gasteiger partial charge in [0.2, 0.25) is 0 Å². The third-order valence-electron chi connectivity index (χ3n) is 2.10. The van der Waals surface area contributed by atoms with E-state index in [0.717, 1.165) is 6.26 Å². The summed E-state index contributed by atoms with van der Waals surface area (Å²) in [6.45, 7) is -0.632. The normalized spacial score (nSPS) is 12.3. The summed E-state index contributed by atoms with van der Waals surface area (Å²) in [5.74, 6) is -1.25. The number of aliphatic hydroxyl groups is 1. The summed E-state index contributed by atoms with van der Waals surface area (Å²) >= 11 is 0. The summed E-state index contributed by atoms with van der Waals surface area (Å²) in [6, 6.07) is 4.69. The molecule has 1 unspecified atom stereocenters. The van der Waals surface area contributed by atoms with Crippen molar-refractivity contribution in [2.75, 3.05) is 18.2 Å². The van der Waals surface area contributed by atoms with Crippen LogP contribution in [-0.4, -0.2) is 43.5 Å². The van der Waals surface area contributed by atoms with Crippen molar-refractivity contribution in [3.63, 3.8) is 0 Å². The Morgan fingerprint density at radius 1 is 1.39 bits per heavy atom. The minimum Gasteiger partial charge on any atom is -0.480 e. The number of carboxylic acids is 1. The standard InChI is InChI=1S/C10H13NO5S.Cu/c1-17(15,16)9-5-3-2-4-7(9)11-8(6-12)10(13)14;/h2-5,8,11-12H,6H2,1H3,(H,13,14);. The number of carboxylic acid groups (broad SMARTS) is 1. The fourth-order valence-electron chi connectivity index (χ4n) is 1.28. The molecule has 0 saturated heterocycles. The van der Waals surface area contributed by atoms with E-state index in [1.807, 2.05) is 0 Å². The van der Waals surface area contributed by atoms with E-state index in [-0.39, 0.29) is 27.7 Å². The third kappa shape index (κ3) is 4.30. The fourth-order valence-corrected chi connectivity index (χ4v) is 2.13. The summed E-state index contributed by atoms with van der Waals surface area (Å²) in [5.41, 5.74) is 0.163. The van der Waals surface area contributed by atoms with Crippen molar-refractivity contribution in [1.82, 2.24) is 0 Å². The summed E-state index contributed by atoms with van der Waals surface area (Å²) in [6.07, 6.45) is 1.03. The van der Waals surface area contributed by atoms with Gasteiger partial charge in [-0.1, -0.05) is 12.1 Å². The van der Waals surface area contributed by atoms with E-state index in [2.05, 4.69) is 5.32 Å². The van der Waals surface area contributed by atoms with Crippen LogP contribution in [-0.2, 0) is 31.7 Å². The van der Waals surface area contributed by atoms with Gasteiger partial charge in [-0.25, -0.2) is 13.2 Å². The van der Waals surface area contributed by atoms with Crippen LogP contribution in [0, 0.1) is 0 Å². The number of benzene rings is 1. The second-order valence-corrected chi connectivity index (χ2v) is 5.47. The Balaban J connectivity index is 0.00000289. The molecule has 0 aromatic heterocycles. The van der Waals surface area contributed by atoms with Crippen LogP contribution in [0.3, 0.4) is 0 Å². The number of rotatable bonds is 5. The van der Waals surface area contributed by atoms with Gasteiger partial charge < -0.3 is 15.5 Å². The van der Waals surface area contributed by atoms with Crippen molar-refractivity contribution < 1.29 is 40.5 Å². The number of hydrogen-bond donors (Lipinski definition) is 3. The van der Waals surface area contributed by atoms with E-state index in [1.54, 1.807) is 6.07 Å². The predicted octanol–water partition coefficient (Wildman–Crippen LogP) is -0.0550. The first-order chi connectivity index (χ1) is 7.86. The number of sulfone groups is 1. The van der Waals surface area contributed by atoms with Gasteiger partial charge in [-0.2, -0.15) is 0 Å². The van der Waals surface area contributed by atoms with Crippen molar-refractivity contribution >= 4 is 21.5 Å². The Morgan fingerprint density at radius 3 is 2.39 bits per heavy atom. The molecule has 105 valence electrons. The molecule has 0 aliphatic heterocycles. The van der Waals surface area contributed by atoms with Crippen LogP contribution in [0.15, 0.2) is 29.2 Å². The molecular weight excluding hydrogens is 310 g/mol. The zero-order valence-corrected chi connectivity index (χ0v) is 11.2. The van der Waals surface area contributed by atoms with Crippen molar-refractivity contribution in [1.29, 1.82) is 0 Å². The minimum atomic E-state index is -3.45. The SMILES string of the molecule is CS(=O)(=O)c1ccccc1NC(CO)C(=O)O.[Cu]. The van der Waals surface area contributed by atoms with E-state index in [4.69, 9.17) is 10.2 Å². The van der Waals surface area contributed by atoms with Crippen molar-refractivity contribution in [3.05, 3.63) is 24.3 Å². The third-order valence-corrected chi connectivity index (χ3v) is 3.25. The zero-order chi connectivity index (χ0) is 13.1. The second kappa shape index (κ2) is 6.75. The average molecular weight is 323 g/mol. The molecule has 1 aromatic rings. The molecule has 0 aliphatic rings. The van der Waals surface area contributed by atoms with Crippen molar-refractivity contribution in [3.8, 4) is 0 Å². The first-order valence-corrected chi connectivity index (χ1v) is 6.64. The number of nitrogens with one attached hydrogen (secondary N) is 1. The number of hydrogen-bond acceptors (Lipinski definition) is 5. The molecular formula is C10H13CuNO5S. The van der Waals surface area contributed by atoms with Gasteiger partial charge in [0.25, 0.3) is 0 Å². The van der Waals surface area contributed by atoms with Gasteiger partial charge in [-0.3, -0.25) is 0 Å². The number of para-hydroxylation sites is 1. The molecule has 0 fully saturated rings. The van der Waals surface area contributed by atoms with Gasteiger partial charge in [0.15, 0.2) is 9.84 Å². The quantitative estimate of drug-likeness (QED) is 0.656. The summed E-state index contributed by atoms with van der Waals surface area (Å²) < 4.78 is 22.9. The largest absolute Gasteiger partial charge is 0.480 e. The maximum absolute atomic E-state index is 11.4. The molecule has 0 bridgehead atoms. The number of aliphatic hydroxyl groups excluding tert-OH is 1. The van der Waals surface area contributed by atoms with Crippen LogP contribution in [0.25, 0.3) is 0 Å². The van der Waals surface area contributed by atoms with Crippen LogP contribution < -0.4 is 5.32 Å². The Morgan fingerprint density at radius 2 is 1.94 bits per heavy atom. The van der Waals surface area contributed by atoms with Gasteiger partial charge in [-0.15, -0.1) is 0 Å². The van der Waals surface area contributed by atoms with E-state index >= 15 is 0 Å². The molecule has 1 radical (unpaired) electrons. The summed E-state index contributed by atoms with van der Waals surface area (Å²) in [4.78, 5) is 10.7. The summed E-state index contributed by atoms with van der Waals surface area (Å²) in [5, 5.41) is 20.1. The molecule has 1 rings (SSSR count). The minimum absolute atomic E-state index is 0. The molecule has 3 N–H and O–H groups in total. The topological polar surface area (TPSA) is 104 Å². The second-order valence-electron chi connectivity index (χ2n) is 3.49. The van der Waals surface area contributed by atoms with E-state index < -0.39 is 28.5 Å². The molecule has 18 heavy (non-hydrogen) atoms. The molecule has 8 heteroatoms. The van der Waals surface area contributed by atoms with Crippen molar-refractivity contribution in [2.45, 2.75) is 10.9 Å². The first kappa shape index (κ1) is 16.9. The molecule has 0 saturated carbocycles. The average Bonchev–Trinajstić information content (AvgIpc) is 2.24. The molecule has 0 heterocycles. The predicted molar refractivity (Wildman–Crippen MR) is 61.7 cm³/mol. The first-order valence-electron chi connectivity index (χ1n) is 4.75. The van der Waals surface area contributed by atoms with Gasteiger partial charge in [-0.05, 0) is 12.1 Å². The van der Waals surface area contributed by atoms with Crippen LogP contribution in [0.4, 0.5) is 5.69 Å². The number of carbonyl (C=O) groups is 1. The van der Waals surface area contributed by atoms with Crippen LogP contribution in [0.1, 0.15) is 0 Å². The molecule has 0 spiro atoms. The van der Waals surface area contributed by atoms with Gasteiger partial charge in [0.05, 0.1) is 17.2 Å². The molecule has 0 aliphatic carbocycles. The molecule has 0 amide bonds. The Labute approximate surface area is 115 Å². The van der Waals surface area contributed by atoms with E-state index in [0.29, 0.717) is 0 Å². The fraction of sp³-hybridized carbons (Fsp3) is 0.300. The van der Waals surface area contributed by atoms with Gasteiger partial charge in [0.1, 0.15) is 6.04 Å². The maximum atomic E-state index is 11.4. The zero-order valence-electron chi connectivity index (χ0n) is 9.42. The van der Waals surface area contributed by atoms with Crippen LogP contribution >= 0.6 is 0 Å². The molecule has 6 nitrogen and oxygen atoms in total. The number of aliphatic carboxylic acids is 1. The van der Waals surface area contributed by atoms with Crippen LogP contribution in [0.2, 0.25) is 0 Å². The monoisotopic (exact) mass is 322 g/mol. The van der Waals surface area contributed by atoms with Crippen LogP contribution in [0.5, 0.6) is 0 Å². The Kier molecular flexibility index (Phi) is 6.34. The van der Waals surface area contributed by atoms with E-state index in [1.165, 1.54) is 18.2 Å². The van der Waals surface area contributed by atoms with Gasteiger partial charge in [0, 0.05) is 23.3 Å². The molecule has 1 aromatic carbocycles. The smallest absolute Gasteiger partial charge is 0.328 e. The van der Waals surface area contributed by atoms with Gasteiger partial charge >= 0.3 is 5.97 Å². The molecule has 1 atom stereocenters. The number of anilines is 1. The Bertz CT molecular complexity index is 517.